The second kappa shape index (κ2) is 10.2. The molecule has 0 spiro atoms. The maximum absolute atomic E-state index is 13.0. The first kappa shape index (κ1) is 23.7. The van der Waals surface area contributed by atoms with Gasteiger partial charge >= 0.3 is 0 Å². The van der Waals surface area contributed by atoms with E-state index in [2.05, 4.69) is 13.8 Å². The number of carbonyl (C=O) groups is 1. The van der Waals surface area contributed by atoms with Crippen molar-refractivity contribution in [1.29, 1.82) is 0 Å². The van der Waals surface area contributed by atoms with Crippen LogP contribution in [-0.2, 0) is 14.8 Å². The molecule has 0 aliphatic carbocycles. The van der Waals surface area contributed by atoms with Gasteiger partial charge < -0.3 is 14.4 Å². The maximum atomic E-state index is 13.0. The summed E-state index contributed by atoms with van der Waals surface area (Å²) in [5, 5.41) is 0. The average Bonchev–Trinajstić information content (AvgIpc) is 3.36. The molecule has 1 atom stereocenters. The third-order valence-electron chi connectivity index (χ3n) is 6.27. The van der Waals surface area contributed by atoms with Crippen LogP contribution in [-0.4, -0.2) is 69.0 Å². The maximum Gasteiger partial charge on any atom is 0.253 e. The van der Waals surface area contributed by atoms with E-state index in [0.717, 1.165) is 25.0 Å². The highest BCUT2D eigenvalue weighted by Gasteiger charge is 2.30. The lowest BCUT2D eigenvalue weighted by Gasteiger charge is -2.34. The molecule has 4 rings (SSSR count). The molecule has 0 bridgehead atoms. The first-order chi connectivity index (χ1) is 15.8. The summed E-state index contributed by atoms with van der Waals surface area (Å²) >= 11 is 0. The summed E-state index contributed by atoms with van der Waals surface area (Å²) in [6.45, 7) is 6.74. The van der Waals surface area contributed by atoms with E-state index in [1.807, 2.05) is 12.1 Å². The Morgan fingerprint density at radius 1 is 1.03 bits per heavy atom. The summed E-state index contributed by atoms with van der Waals surface area (Å²) in [5.41, 5.74) is 1.67. The summed E-state index contributed by atoms with van der Waals surface area (Å²) < 4.78 is 38.8. The van der Waals surface area contributed by atoms with Crippen LogP contribution in [0.15, 0.2) is 53.4 Å². The minimum Gasteiger partial charge on any atom is -0.491 e. The Balaban J connectivity index is 1.31. The Hall–Kier alpha value is -2.42. The summed E-state index contributed by atoms with van der Waals surface area (Å²) in [5.74, 6) is 0.957. The van der Waals surface area contributed by atoms with Crippen molar-refractivity contribution in [2.75, 3.05) is 39.4 Å². The molecule has 2 aliphatic heterocycles. The molecule has 0 radical (unpaired) electrons. The van der Waals surface area contributed by atoms with Gasteiger partial charge in [0.1, 0.15) is 12.4 Å². The van der Waals surface area contributed by atoms with E-state index in [4.69, 9.17) is 9.47 Å². The second-order valence-corrected chi connectivity index (χ2v) is 10.8. The van der Waals surface area contributed by atoms with Crippen LogP contribution in [0.4, 0.5) is 0 Å². The fraction of sp³-hybridized carbons (Fsp3) is 0.480. The van der Waals surface area contributed by atoms with Gasteiger partial charge in [0.15, 0.2) is 0 Å². The second-order valence-electron chi connectivity index (χ2n) is 8.89. The molecule has 2 aliphatic rings. The molecule has 8 heteroatoms. The molecule has 0 N–H and O–H groups in total. The highest BCUT2D eigenvalue weighted by Crippen LogP contribution is 2.22. The molecule has 178 valence electrons. The van der Waals surface area contributed by atoms with Crippen LogP contribution in [0.2, 0.25) is 0 Å². The molecule has 2 fully saturated rings. The number of piperazine rings is 1. The zero-order chi connectivity index (χ0) is 23.4. The summed E-state index contributed by atoms with van der Waals surface area (Å²) in [6.07, 6.45) is 2.23. The van der Waals surface area contributed by atoms with Gasteiger partial charge in [0.05, 0.1) is 11.0 Å². The van der Waals surface area contributed by atoms with Crippen LogP contribution in [0.5, 0.6) is 5.75 Å². The lowest BCUT2D eigenvalue weighted by atomic mass is 10.0. The van der Waals surface area contributed by atoms with Crippen LogP contribution in [0.3, 0.4) is 0 Å². The highest BCUT2D eigenvalue weighted by molar-refractivity contribution is 7.89. The van der Waals surface area contributed by atoms with Crippen molar-refractivity contribution in [3.63, 3.8) is 0 Å². The van der Waals surface area contributed by atoms with Gasteiger partial charge in [-0.2, -0.15) is 4.31 Å². The van der Waals surface area contributed by atoms with Gasteiger partial charge in [-0.1, -0.05) is 26.0 Å². The molecule has 0 saturated carbocycles. The van der Waals surface area contributed by atoms with Crippen LogP contribution >= 0.6 is 0 Å². The van der Waals surface area contributed by atoms with Gasteiger partial charge in [-0.05, 0) is 60.7 Å². The van der Waals surface area contributed by atoms with Gasteiger partial charge in [0, 0.05) is 38.3 Å². The molecular weight excluding hydrogens is 440 g/mol. The van der Waals surface area contributed by atoms with E-state index in [1.54, 1.807) is 41.3 Å². The van der Waals surface area contributed by atoms with Crippen molar-refractivity contribution in [2.45, 2.75) is 43.6 Å². The molecular formula is C25H32N2O5S. The fourth-order valence-corrected chi connectivity index (χ4v) is 5.57. The predicted molar refractivity (Wildman–Crippen MR) is 126 cm³/mol. The molecule has 7 nitrogen and oxygen atoms in total. The molecule has 0 aromatic heterocycles. The monoisotopic (exact) mass is 472 g/mol. The Morgan fingerprint density at radius 2 is 1.70 bits per heavy atom. The van der Waals surface area contributed by atoms with Crippen LogP contribution < -0.4 is 4.74 Å². The van der Waals surface area contributed by atoms with E-state index in [-0.39, 0.29) is 25.1 Å². The van der Waals surface area contributed by atoms with Crippen molar-refractivity contribution in [2.24, 2.45) is 0 Å². The molecule has 2 aromatic rings. The van der Waals surface area contributed by atoms with E-state index >= 15 is 0 Å². The van der Waals surface area contributed by atoms with Gasteiger partial charge in [0.25, 0.3) is 5.91 Å². The van der Waals surface area contributed by atoms with Crippen LogP contribution in [0.25, 0.3) is 0 Å². The van der Waals surface area contributed by atoms with Gasteiger partial charge in [-0.25, -0.2) is 8.42 Å². The largest absolute Gasteiger partial charge is 0.491 e. The number of benzene rings is 2. The average molecular weight is 473 g/mol. The molecule has 33 heavy (non-hydrogen) atoms. The molecule has 1 amide bonds. The number of nitrogens with zero attached hydrogens (tertiary/aromatic N) is 2. The number of sulfonamides is 1. The SMILES string of the molecule is CC(C)c1ccc(S(=O)(=O)N2CCN(C(=O)c3ccc(OC[C@@H]4CCCO4)cc3)CC2)cc1. The Morgan fingerprint density at radius 3 is 2.27 bits per heavy atom. The number of carbonyl (C=O) groups excluding carboxylic acids is 1. The standard InChI is InChI=1S/C25H32N2O5S/c1-19(2)20-7-11-24(12-8-20)33(29,30)27-15-13-26(14-16-27)25(28)21-5-9-22(10-6-21)32-18-23-4-3-17-31-23/h5-12,19,23H,3-4,13-18H2,1-2H3/t23-/m0/s1. The van der Waals surface area contributed by atoms with E-state index in [1.165, 1.54) is 4.31 Å². The summed E-state index contributed by atoms with van der Waals surface area (Å²) in [4.78, 5) is 14.9. The van der Waals surface area contributed by atoms with Crippen molar-refractivity contribution in [3.8, 4) is 5.75 Å². The van der Waals surface area contributed by atoms with E-state index in [9.17, 15) is 13.2 Å². The van der Waals surface area contributed by atoms with Crippen molar-refractivity contribution in [1.82, 2.24) is 9.21 Å². The number of hydrogen-bond donors (Lipinski definition) is 0. The van der Waals surface area contributed by atoms with Gasteiger partial charge in [0.2, 0.25) is 10.0 Å². The normalized spacial score (nSPS) is 19.7. The fourth-order valence-electron chi connectivity index (χ4n) is 4.15. The Kier molecular flexibility index (Phi) is 7.36. The first-order valence-corrected chi connectivity index (χ1v) is 13.0. The first-order valence-electron chi connectivity index (χ1n) is 11.6. The van der Waals surface area contributed by atoms with Crippen molar-refractivity contribution >= 4 is 15.9 Å². The Labute approximate surface area is 196 Å². The van der Waals surface area contributed by atoms with Crippen LogP contribution in [0, 0.1) is 0 Å². The Bertz CT molecular complexity index is 1040. The van der Waals surface area contributed by atoms with Crippen LogP contribution in [0.1, 0.15) is 48.5 Å². The molecule has 2 heterocycles. The number of rotatable bonds is 7. The third kappa shape index (κ3) is 5.57. The van der Waals surface area contributed by atoms with E-state index < -0.39 is 10.0 Å². The van der Waals surface area contributed by atoms with Crippen molar-refractivity contribution in [3.05, 3.63) is 59.7 Å². The zero-order valence-electron chi connectivity index (χ0n) is 19.3. The molecule has 2 saturated heterocycles. The quantitative estimate of drug-likeness (QED) is 0.616. The topological polar surface area (TPSA) is 76.2 Å². The van der Waals surface area contributed by atoms with Crippen molar-refractivity contribution < 1.29 is 22.7 Å². The number of ether oxygens (including phenoxy) is 2. The third-order valence-corrected chi connectivity index (χ3v) is 8.18. The predicted octanol–water partition coefficient (Wildman–Crippen LogP) is 3.51. The highest BCUT2D eigenvalue weighted by atomic mass is 32.2. The van der Waals surface area contributed by atoms with Gasteiger partial charge in [-0.15, -0.1) is 0 Å². The van der Waals surface area contributed by atoms with E-state index in [0.29, 0.717) is 41.8 Å². The minimum atomic E-state index is -3.57. The lowest BCUT2D eigenvalue weighted by molar-refractivity contribution is 0.0676. The lowest BCUT2D eigenvalue weighted by Crippen LogP contribution is -2.50. The zero-order valence-corrected chi connectivity index (χ0v) is 20.1. The van der Waals surface area contributed by atoms with Gasteiger partial charge in [-0.3, -0.25) is 4.79 Å². The minimum absolute atomic E-state index is 0.0981. The molecule has 2 aromatic carbocycles. The smallest absolute Gasteiger partial charge is 0.253 e. The number of hydrogen-bond acceptors (Lipinski definition) is 5. The summed E-state index contributed by atoms with van der Waals surface area (Å²) in [7, 11) is -3.57. The number of amides is 1. The summed E-state index contributed by atoms with van der Waals surface area (Å²) in [6, 6.07) is 14.2. The molecule has 0 unspecified atom stereocenters.